The lowest BCUT2D eigenvalue weighted by Gasteiger charge is -2.11. The van der Waals surface area contributed by atoms with Crippen molar-refractivity contribution in [2.45, 2.75) is 0 Å². The molecule has 132 valence electrons. The van der Waals surface area contributed by atoms with Gasteiger partial charge in [-0.2, -0.15) is 0 Å². The summed E-state index contributed by atoms with van der Waals surface area (Å²) >= 11 is 0. The van der Waals surface area contributed by atoms with Crippen molar-refractivity contribution >= 4 is 11.9 Å². The fourth-order valence-electron chi connectivity index (χ4n) is 2.33. The predicted octanol–water partition coefficient (Wildman–Crippen LogP) is 3.32. The van der Waals surface area contributed by atoms with Crippen LogP contribution in [0.15, 0.2) is 36.4 Å². The Morgan fingerprint density at radius 1 is 0.880 bits per heavy atom. The van der Waals surface area contributed by atoms with Crippen LogP contribution < -0.4 is 18.9 Å². The number of ether oxygens (including phenoxy) is 4. The molecule has 6 heteroatoms. The van der Waals surface area contributed by atoms with Crippen LogP contribution in [0, 0.1) is 0 Å². The van der Waals surface area contributed by atoms with E-state index >= 15 is 0 Å². The monoisotopic (exact) mass is 344 g/mol. The molecule has 6 nitrogen and oxygen atoms in total. The molecule has 25 heavy (non-hydrogen) atoms. The van der Waals surface area contributed by atoms with Crippen molar-refractivity contribution in [3.8, 4) is 28.7 Å². The first-order valence-electron chi connectivity index (χ1n) is 7.44. The molecule has 0 aliphatic rings. The summed E-state index contributed by atoms with van der Waals surface area (Å²) in [6.45, 7) is 0. The maximum atomic E-state index is 12.4. The van der Waals surface area contributed by atoms with Gasteiger partial charge in [0.25, 0.3) is 0 Å². The highest BCUT2D eigenvalue weighted by Crippen LogP contribution is 2.39. The smallest absolute Gasteiger partial charge is 0.203 e. The van der Waals surface area contributed by atoms with Crippen molar-refractivity contribution in [1.82, 2.24) is 0 Å². The van der Waals surface area contributed by atoms with Gasteiger partial charge in [0.1, 0.15) is 0 Å². The van der Waals surface area contributed by atoms with Crippen molar-refractivity contribution in [2.24, 2.45) is 0 Å². The number of hydrogen-bond acceptors (Lipinski definition) is 6. The average Bonchev–Trinajstić information content (AvgIpc) is 2.65. The summed E-state index contributed by atoms with van der Waals surface area (Å²) in [7, 11) is 5.94. The molecule has 0 amide bonds. The second-order valence-electron chi connectivity index (χ2n) is 5.01. The minimum Gasteiger partial charge on any atom is -0.504 e. The molecule has 0 heterocycles. The lowest BCUT2D eigenvalue weighted by Crippen LogP contribution is -1.99. The van der Waals surface area contributed by atoms with E-state index in [4.69, 9.17) is 18.9 Å². The van der Waals surface area contributed by atoms with E-state index in [1.54, 1.807) is 37.5 Å². The van der Waals surface area contributed by atoms with Crippen molar-refractivity contribution in [1.29, 1.82) is 0 Å². The number of aromatic hydroxyl groups is 1. The third kappa shape index (κ3) is 3.85. The number of carbonyl (C=O) groups excluding carboxylic acids is 1. The highest BCUT2D eigenvalue weighted by molar-refractivity contribution is 6.09. The van der Waals surface area contributed by atoms with Gasteiger partial charge in [-0.1, -0.05) is 12.1 Å². The summed E-state index contributed by atoms with van der Waals surface area (Å²) in [5, 5.41) is 10.2. The molecule has 0 unspecified atom stereocenters. The molecule has 0 aliphatic carbocycles. The number of phenols is 1. The zero-order valence-corrected chi connectivity index (χ0v) is 14.5. The standard InChI is InChI=1S/C19H20O6/c1-22-15-9-6-12(11-17(15)24-3)5-8-14(20)13-7-10-16(23-2)19(25-4)18(13)21/h5-11,21H,1-4H3/b8-5+. The Balaban J connectivity index is 2.29. The second kappa shape index (κ2) is 8.10. The van der Waals surface area contributed by atoms with Crippen LogP contribution in [0.2, 0.25) is 0 Å². The van der Waals surface area contributed by atoms with Crippen LogP contribution in [0.4, 0.5) is 0 Å². The van der Waals surface area contributed by atoms with Crippen molar-refractivity contribution in [3.05, 3.63) is 47.5 Å². The van der Waals surface area contributed by atoms with Crippen molar-refractivity contribution < 1.29 is 28.8 Å². The molecule has 0 fully saturated rings. The van der Waals surface area contributed by atoms with Crippen LogP contribution in [0.1, 0.15) is 15.9 Å². The lowest BCUT2D eigenvalue weighted by molar-refractivity contribution is 0.104. The first-order valence-corrected chi connectivity index (χ1v) is 7.44. The quantitative estimate of drug-likeness (QED) is 0.613. The van der Waals surface area contributed by atoms with E-state index in [1.807, 2.05) is 0 Å². The van der Waals surface area contributed by atoms with E-state index in [-0.39, 0.29) is 22.8 Å². The van der Waals surface area contributed by atoms with Crippen LogP contribution in [-0.4, -0.2) is 39.3 Å². The molecule has 0 aliphatic heterocycles. The lowest BCUT2D eigenvalue weighted by atomic mass is 10.1. The van der Waals surface area contributed by atoms with Gasteiger partial charge in [-0.25, -0.2) is 0 Å². The number of methoxy groups -OCH3 is 4. The number of hydrogen-bond donors (Lipinski definition) is 1. The maximum Gasteiger partial charge on any atom is 0.203 e. The Hall–Kier alpha value is -3.15. The molecule has 0 spiro atoms. The Morgan fingerprint density at radius 3 is 2.12 bits per heavy atom. The third-order valence-corrected chi connectivity index (χ3v) is 3.62. The van der Waals surface area contributed by atoms with E-state index in [1.165, 1.54) is 33.5 Å². The Bertz CT molecular complexity index is 795. The normalized spacial score (nSPS) is 10.6. The number of rotatable bonds is 7. The molecule has 0 bridgehead atoms. The van der Waals surface area contributed by atoms with Gasteiger partial charge in [0.2, 0.25) is 5.75 Å². The summed E-state index contributed by atoms with van der Waals surface area (Å²) in [4.78, 5) is 12.4. The van der Waals surface area contributed by atoms with Gasteiger partial charge >= 0.3 is 0 Å². The van der Waals surface area contributed by atoms with Crippen LogP contribution in [0.5, 0.6) is 28.7 Å². The van der Waals surface area contributed by atoms with Crippen LogP contribution in [0.3, 0.4) is 0 Å². The number of benzene rings is 2. The fraction of sp³-hybridized carbons (Fsp3) is 0.211. The fourth-order valence-corrected chi connectivity index (χ4v) is 2.33. The van der Waals surface area contributed by atoms with E-state index in [9.17, 15) is 9.90 Å². The minimum absolute atomic E-state index is 0.118. The molecule has 0 radical (unpaired) electrons. The van der Waals surface area contributed by atoms with Crippen molar-refractivity contribution in [3.63, 3.8) is 0 Å². The first-order chi connectivity index (χ1) is 12.0. The van der Waals surface area contributed by atoms with Gasteiger partial charge in [-0.05, 0) is 35.9 Å². The topological polar surface area (TPSA) is 74.2 Å². The Labute approximate surface area is 146 Å². The minimum atomic E-state index is -0.367. The van der Waals surface area contributed by atoms with Gasteiger partial charge in [0.15, 0.2) is 28.8 Å². The Kier molecular flexibility index (Phi) is 5.89. The van der Waals surface area contributed by atoms with Gasteiger partial charge < -0.3 is 24.1 Å². The molecule has 1 N–H and O–H groups in total. The highest BCUT2D eigenvalue weighted by Gasteiger charge is 2.17. The summed E-state index contributed by atoms with van der Waals surface area (Å²) in [5.74, 6) is 1.000. The molecule has 2 rings (SSSR count). The molecule has 0 aromatic heterocycles. The van der Waals surface area contributed by atoms with Gasteiger partial charge in [-0.15, -0.1) is 0 Å². The summed E-state index contributed by atoms with van der Waals surface area (Å²) in [6, 6.07) is 8.33. The van der Waals surface area contributed by atoms with Gasteiger partial charge in [-0.3, -0.25) is 4.79 Å². The molecule has 0 saturated heterocycles. The van der Waals surface area contributed by atoms with E-state index < -0.39 is 0 Å². The third-order valence-electron chi connectivity index (χ3n) is 3.62. The number of allylic oxidation sites excluding steroid dienone is 1. The molecule has 0 atom stereocenters. The Morgan fingerprint density at radius 2 is 1.52 bits per heavy atom. The summed E-state index contributed by atoms with van der Waals surface area (Å²) < 4.78 is 20.6. The zero-order chi connectivity index (χ0) is 18.4. The largest absolute Gasteiger partial charge is 0.504 e. The van der Waals surface area contributed by atoms with Gasteiger partial charge in [0, 0.05) is 0 Å². The van der Waals surface area contributed by atoms with Crippen LogP contribution in [0.25, 0.3) is 6.08 Å². The maximum absolute atomic E-state index is 12.4. The van der Waals surface area contributed by atoms with E-state index in [0.717, 1.165) is 5.56 Å². The first kappa shape index (κ1) is 18.2. The second-order valence-corrected chi connectivity index (χ2v) is 5.01. The number of ketones is 1. The molecule has 2 aromatic carbocycles. The van der Waals surface area contributed by atoms with E-state index in [0.29, 0.717) is 17.2 Å². The summed E-state index contributed by atoms with van der Waals surface area (Å²) in [6.07, 6.45) is 2.99. The van der Waals surface area contributed by atoms with Crippen molar-refractivity contribution in [2.75, 3.05) is 28.4 Å². The SMILES string of the molecule is COc1ccc(/C=C/C(=O)c2ccc(OC)c(OC)c2O)cc1OC. The van der Waals surface area contributed by atoms with Crippen LogP contribution in [-0.2, 0) is 0 Å². The number of phenolic OH excluding ortho intramolecular Hbond substituents is 1. The zero-order valence-electron chi connectivity index (χ0n) is 14.5. The van der Waals surface area contributed by atoms with Crippen LogP contribution >= 0.6 is 0 Å². The number of carbonyl (C=O) groups is 1. The molecular weight excluding hydrogens is 324 g/mol. The molecule has 2 aromatic rings. The van der Waals surface area contributed by atoms with Gasteiger partial charge in [0.05, 0.1) is 34.0 Å². The predicted molar refractivity (Wildman–Crippen MR) is 94.1 cm³/mol. The highest BCUT2D eigenvalue weighted by atomic mass is 16.5. The molecular formula is C19H20O6. The summed E-state index contributed by atoms with van der Waals surface area (Å²) in [5.41, 5.74) is 0.875. The van der Waals surface area contributed by atoms with E-state index in [2.05, 4.69) is 0 Å². The average molecular weight is 344 g/mol. The molecule has 0 saturated carbocycles.